The highest BCUT2D eigenvalue weighted by molar-refractivity contribution is 7.99. The Hall–Kier alpha value is -2.08. The third-order valence-corrected chi connectivity index (χ3v) is 3.96. The van der Waals surface area contributed by atoms with Crippen LogP contribution in [-0.2, 0) is 0 Å². The van der Waals surface area contributed by atoms with E-state index in [1.54, 1.807) is 33.5 Å². The van der Waals surface area contributed by atoms with Gasteiger partial charge in [-0.15, -0.1) is 0 Å². The van der Waals surface area contributed by atoms with E-state index in [1.807, 2.05) is 12.1 Å². The summed E-state index contributed by atoms with van der Waals surface area (Å²) in [5.74, 6) is 1.45. The van der Waals surface area contributed by atoms with Crippen LogP contribution < -0.4 is 18.9 Å². The summed E-state index contributed by atoms with van der Waals surface area (Å²) in [7, 11) is 6.09. The van der Waals surface area contributed by atoms with Crippen LogP contribution >= 0.6 is 11.8 Å². The number of rotatable bonds is 6. The first-order valence-electron chi connectivity index (χ1n) is 6.44. The molecule has 0 bridgehead atoms. The molecule has 0 aliphatic heterocycles. The number of hydrogen-bond acceptors (Lipinski definition) is 5. The minimum absolute atomic E-state index is 0.217. The second-order valence-electron chi connectivity index (χ2n) is 4.26. The molecule has 2 rings (SSSR count). The first kappa shape index (κ1) is 16.3. The molecule has 2 aromatic rings. The Morgan fingerprint density at radius 2 is 1.32 bits per heavy atom. The molecule has 0 radical (unpaired) electrons. The molecule has 6 heteroatoms. The molecule has 0 N–H and O–H groups in total. The van der Waals surface area contributed by atoms with E-state index in [0.717, 1.165) is 9.79 Å². The number of ether oxygens (including phenoxy) is 4. The van der Waals surface area contributed by atoms with Gasteiger partial charge in [-0.1, -0.05) is 11.8 Å². The topological polar surface area (TPSA) is 36.9 Å². The Morgan fingerprint density at radius 1 is 0.727 bits per heavy atom. The van der Waals surface area contributed by atoms with Crippen LogP contribution in [0.15, 0.2) is 40.1 Å². The minimum Gasteiger partial charge on any atom is -0.494 e. The first-order valence-corrected chi connectivity index (χ1v) is 7.26. The maximum absolute atomic E-state index is 13.8. The molecule has 22 heavy (non-hydrogen) atoms. The van der Waals surface area contributed by atoms with E-state index in [1.165, 1.54) is 24.9 Å². The number of benzene rings is 2. The average Bonchev–Trinajstić information content (AvgIpc) is 2.54. The minimum atomic E-state index is -0.403. The van der Waals surface area contributed by atoms with E-state index in [4.69, 9.17) is 18.9 Å². The van der Waals surface area contributed by atoms with Gasteiger partial charge in [-0.2, -0.15) is 0 Å². The molecule has 118 valence electrons. The van der Waals surface area contributed by atoms with Crippen LogP contribution in [0.1, 0.15) is 0 Å². The zero-order chi connectivity index (χ0) is 16.1. The van der Waals surface area contributed by atoms with E-state index in [2.05, 4.69) is 0 Å². The van der Waals surface area contributed by atoms with E-state index in [9.17, 15) is 4.39 Å². The van der Waals surface area contributed by atoms with Gasteiger partial charge in [0.25, 0.3) is 0 Å². The van der Waals surface area contributed by atoms with Gasteiger partial charge in [0.15, 0.2) is 23.1 Å². The van der Waals surface area contributed by atoms with Crippen molar-refractivity contribution < 1.29 is 23.3 Å². The maximum Gasteiger partial charge on any atom is 0.203 e. The van der Waals surface area contributed by atoms with Crippen molar-refractivity contribution in [1.29, 1.82) is 0 Å². The largest absolute Gasteiger partial charge is 0.494 e. The van der Waals surface area contributed by atoms with Crippen LogP contribution in [0.25, 0.3) is 0 Å². The summed E-state index contributed by atoms with van der Waals surface area (Å²) in [4.78, 5) is 1.59. The maximum atomic E-state index is 13.8. The molecule has 0 unspecified atom stereocenters. The fourth-order valence-electron chi connectivity index (χ4n) is 1.96. The predicted molar refractivity (Wildman–Crippen MR) is 83.2 cm³/mol. The van der Waals surface area contributed by atoms with Gasteiger partial charge in [-0.25, -0.2) is 4.39 Å². The Kier molecular flexibility index (Phi) is 5.38. The van der Waals surface area contributed by atoms with E-state index in [0.29, 0.717) is 17.2 Å². The summed E-state index contributed by atoms with van der Waals surface area (Å²) in [6.07, 6.45) is 0. The van der Waals surface area contributed by atoms with Crippen molar-refractivity contribution in [2.45, 2.75) is 9.79 Å². The second kappa shape index (κ2) is 7.26. The molecular weight excluding hydrogens is 307 g/mol. The van der Waals surface area contributed by atoms with Gasteiger partial charge < -0.3 is 18.9 Å². The van der Waals surface area contributed by atoms with Crippen LogP contribution in [0.2, 0.25) is 0 Å². The quantitative estimate of drug-likeness (QED) is 0.802. The second-order valence-corrected chi connectivity index (χ2v) is 5.41. The first-order chi connectivity index (χ1) is 10.6. The normalized spacial score (nSPS) is 10.2. The van der Waals surface area contributed by atoms with Crippen molar-refractivity contribution in [2.24, 2.45) is 0 Å². The molecule has 0 atom stereocenters. The third kappa shape index (κ3) is 3.39. The van der Waals surface area contributed by atoms with Crippen LogP contribution in [0, 0.1) is 5.82 Å². The van der Waals surface area contributed by atoms with Gasteiger partial charge in [0, 0.05) is 9.79 Å². The molecule has 0 saturated carbocycles. The monoisotopic (exact) mass is 324 g/mol. The van der Waals surface area contributed by atoms with Gasteiger partial charge in [0.2, 0.25) is 5.75 Å². The molecular formula is C16H17FO4S. The highest BCUT2D eigenvalue weighted by atomic mass is 32.2. The van der Waals surface area contributed by atoms with Crippen molar-refractivity contribution >= 4 is 11.8 Å². The predicted octanol–water partition coefficient (Wildman–Crippen LogP) is 4.01. The smallest absolute Gasteiger partial charge is 0.203 e. The molecule has 0 aliphatic rings. The standard InChI is InChI=1S/C16H17FO4S/c1-18-13-6-5-10(7-12(13)17)22-11-8-14(19-2)16(21-4)15(9-11)20-3/h5-9H,1-4H3. The average molecular weight is 324 g/mol. The highest BCUT2D eigenvalue weighted by Gasteiger charge is 2.14. The molecule has 0 saturated heterocycles. The highest BCUT2D eigenvalue weighted by Crippen LogP contribution is 2.42. The van der Waals surface area contributed by atoms with Crippen LogP contribution in [0.4, 0.5) is 4.39 Å². The SMILES string of the molecule is COc1ccc(Sc2cc(OC)c(OC)c(OC)c2)cc1F. The van der Waals surface area contributed by atoms with Gasteiger partial charge in [0.1, 0.15) is 0 Å². The molecule has 0 fully saturated rings. The molecule has 4 nitrogen and oxygen atoms in total. The third-order valence-electron chi connectivity index (χ3n) is 3.00. The number of halogens is 1. The van der Waals surface area contributed by atoms with Crippen molar-refractivity contribution in [3.63, 3.8) is 0 Å². The zero-order valence-corrected chi connectivity index (χ0v) is 13.6. The Morgan fingerprint density at radius 3 is 1.77 bits per heavy atom. The lowest BCUT2D eigenvalue weighted by Gasteiger charge is -2.14. The number of hydrogen-bond donors (Lipinski definition) is 0. The summed E-state index contributed by atoms with van der Waals surface area (Å²) < 4.78 is 34.6. The summed E-state index contributed by atoms with van der Waals surface area (Å²) in [6, 6.07) is 8.43. The van der Waals surface area contributed by atoms with Crippen LogP contribution in [0.3, 0.4) is 0 Å². The summed E-state index contributed by atoms with van der Waals surface area (Å²) >= 11 is 1.39. The van der Waals surface area contributed by atoms with Crippen LogP contribution in [-0.4, -0.2) is 28.4 Å². The van der Waals surface area contributed by atoms with E-state index < -0.39 is 5.82 Å². The van der Waals surface area contributed by atoms with Crippen LogP contribution in [0.5, 0.6) is 23.0 Å². The van der Waals surface area contributed by atoms with Crippen molar-refractivity contribution in [1.82, 2.24) is 0 Å². The summed E-state index contributed by atoms with van der Waals surface area (Å²) in [5, 5.41) is 0. The molecule has 0 spiro atoms. The summed E-state index contributed by atoms with van der Waals surface area (Å²) in [5.41, 5.74) is 0. The molecule has 0 amide bonds. The molecule has 2 aromatic carbocycles. The lowest BCUT2D eigenvalue weighted by molar-refractivity contribution is 0.323. The van der Waals surface area contributed by atoms with E-state index in [-0.39, 0.29) is 5.75 Å². The lowest BCUT2D eigenvalue weighted by Crippen LogP contribution is -1.95. The van der Waals surface area contributed by atoms with Gasteiger partial charge >= 0.3 is 0 Å². The lowest BCUT2D eigenvalue weighted by atomic mass is 10.3. The van der Waals surface area contributed by atoms with Crippen molar-refractivity contribution in [3.05, 3.63) is 36.1 Å². The van der Waals surface area contributed by atoms with Gasteiger partial charge in [-0.3, -0.25) is 0 Å². The van der Waals surface area contributed by atoms with E-state index >= 15 is 0 Å². The number of methoxy groups -OCH3 is 4. The fourth-order valence-corrected chi connectivity index (χ4v) is 2.87. The Bertz CT molecular complexity index is 636. The molecule has 0 heterocycles. The summed E-state index contributed by atoms with van der Waals surface area (Å²) in [6.45, 7) is 0. The van der Waals surface area contributed by atoms with Gasteiger partial charge in [-0.05, 0) is 30.3 Å². The molecule has 0 aliphatic carbocycles. The Balaban J connectivity index is 2.35. The Labute approximate surface area is 133 Å². The zero-order valence-electron chi connectivity index (χ0n) is 12.8. The van der Waals surface area contributed by atoms with Gasteiger partial charge in [0.05, 0.1) is 28.4 Å². The van der Waals surface area contributed by atoms with Crippen molar-refractivity contribution in [3.8, 4) is 23.0 Å². The molecule has 0 aromatic heterocycles. The fraction of sp³-hybridized carbons (Fsp3) is 0.250. The van der Waals surface area contributed by atoms with Crippen molar-refractivity contribution in [2.75, 3.05) is 28.4 Å².